The number of carbonyl (C=O) groups excluding carboxylic acids is 1. The number of aliphatic carboxylic acids is 1. The van der Waals surface area contributed by atoms with E-state index in [0.717, 1.165) is 0 Å². The van der Waals surface area contributed by atoms with Crippen LogP contribution in [0.3, 0.4) is 0 Å². The quantitative estimate of drug-likeness (QED) is 0.823. The van der Waals surface area contributed by atoms with E-state index in [1.165, 1.54) is 7.11 Å². The number of methoxy groups -OCH3 is 1. The first-order valence-corrected chi connectivity index (χ1v) is 6.37. The third kappa shape index (κ3) is 2.71. The number of anilines is 1. The van der Waals surface area contributed by atoms with E-state index in [4.69, 9.17) is 0 Å². The lowest BCUT2D eigenvalue weighted by molar-refractivity contribution is -0.149. The van der Waals surface area contributed by atoms with Crippen molar-refractivity contribution in [2.24, 2.45) is 5.41 Å². The molecule has 0 radical (unpaired) electrons. The molecule has 1 aromatic rings. The van der Waals surface area contributed by atoms with E-state index in [1.54, 1.807) is 19.1 Å². The number of esters is 1. The predicted octanol–water partition coefficient (Wildman–Crippen LogP) is 0.954. The summed E-state index contributed by atoms with van der Waals surface area (Å²) in [4.78, 5) is 24.4. The van der Waals surface area contributed by atoms with Crippen molar-refractivity contribution in [3.8, 4) is 0 Å². The molecule has 1 aliphatic heterocycles. The Hall–Kier alpha value is -2.18. The van der Waals surface area contributed by atoms with E-state index < -0.39 is 17.4 Å². The summed E-state index contributed by atoms with van der Waals surface area (Å²) >= 11 is 0. The molecule has 0 atom stereocenters. The molecule has 0 bridgehead atoms. The largest absolute Gasteiger partial charge is 0.481 e. The van der Waals surface area contributed by atoms with E-state index in [1.807, 2.05) is 4.90 Å². The van der Waals surface area contributed by atoms with Crippen LogP contribution in [-0.2, 0) is 9.53 Å². The minimum atomic E-state index is -0.760. The molecule has 1 N–H and O–H groups in total. The number of aromatic nitrogens is 2. The molecule has 1 aliphatic rings. The Bertz CT molecular complexity index is 507. The smallest absolute Gasteiger partial charge is 0.358 e. The molecule has 7 nitrogen and oxygen atoms in total. The first kappa shape index (κ1) is 14.2. The Labute approximate surface area is 116 Å². The summed E-state index contributed by atoms with van der Waals surface area (Å²) in [5.41, 5.74) is -0.515. The lowest BCUT2D eigenvalue weighted by Gasteiger charge is -2.36. The summed E-state index contributed by atoms with van der Waals surface area (Å²) in [5.74, 6) is -0.643. The van der Waals surface area contributed by atoms with Crippen LogP contribution < -0.4 is 4.90 Å². The number of rotatable bonds is 3. The van der Waals surface area contributed by atoms with E-state index in [9.17, 15) is 14.7 Å². The minimum Gasteiger partial charge on any atom is -0.481 e. The number of carbonyl (C=O) groups is 2. The molecule has 1 fully saturated rings. The van der Waals surface area contributed by atoms with Crippen LogP contribution in [0.5, 0.6) is 0 Å². The fraction of sp³-hybridized carbons (Fsp3) is 0.538. The molecule has 1 saturated heterocycles. The number of carboxylic acid groups (broad SMARTS) is 1. The molecule has 7 heteroatoms. The number of piperidine rings is 1. The lowest BCUT2D eigenvalue weighted by atomic mass is 9.80. The molecular weight excluding hydrogens is 262 g/mol. The van der Waals surface area contributed by atoms with Crippen LogP contribution >= 0.6 is 0 Å². The van der Waals surface area contributed by atoms with Gasteiger partial charge in [-0.2, -0.15) is 0 Å². The average molecular weight is 279 g/mol. The second kappa shape index (κ2) is 5.44. The van der Waals surface area contributed by atoms with Crippen molar-refractivity contribution in [2.45, 2.75) is 19.8 Å². The molecule has 0 spiro atoms. The van der Waals surface area contributed by atoms with Gasteiger partial charge < -0.3 is 14.7 Å². The summed E-state index contributed by atoms with van der Waals surface area (Å²) in [6, 6.07) is 3.25. The molecule has 0 unspecified atom stereocenters. The molecule has 0 aliphatic carbocycles. The highest BCUT2D eigenvalue weighted by atomic mass is 16.5. The summed E-state index contributed by atoms with van der Waals surface area (Å²) in [6.07, 6.45) is 1.12. The van der Waals surface area contributed by atoms with E-state index in [2.05, 4.69) is 14.9 Å². The second-order valence-corrected chi connectivity index (χ2v) is 5.12. The van der Waals surface area contributed by atoms with Crippen LogP contribution in [-0.4, -0.2) is 47.4 Å². The monoisotopic (exact) mass is 279 g/mol. The first-order valence-electron chi connectivity index (χ1n) is 6.37. The zero-order valence-corrected chi connectivity index (χ0v) is 11.5. The number of hydrogen-bond donors (Lipinski definition) is 1. The van der Waals surface area contributed by atoms with Gasteiger partial charge in [0.25, 0.3) is 0 Å². The Balaban J connectivity index is 2.04. The second-order valence-electron chi connectivity index (χ2n) is 5.12. The normalized spacial score (nSPS) is 17.6. The van der Waals surface area contributed by atoms with E-state index >= 15 is 0 Å². The van der Waals surface area contributed by atoms with Gasteiger partial charge in [0, 0.05) is 13.1 Å². The van der Waals surface area contributed by atoms with Crippen LogP contribution in [0.25, 0.3) is 0 Å². The highest BCUT2D eigenvalue weighted by Crippen LogP contribution is 2.32. The molecule has 2 rings (SSSR count). The maximum absolute atomic E-state index is 11.3. The summed E-state index contributed by atoms with van der Waals surface area (Å²) in [7, 11) is 1.29. The SMILES string of the molecule is COC(=O)c1ccc(N2CCC(C)(C(=O)O)CC2)nn1. The van der Waals surface area contributed by atoms with Gasteiger partial charge in [0.05, 0.1) is 12.5 Å². The number of carboxylic acids is 1. The van der Waals surface area contributed by atoms with Gasteiger partial charge in [-0.25, -0.2) is 4.79 Å². The molecular formula is C13H17N3O4. The van der Waals surface area contributed by atoms with Crippen LogP contribution in [0.4, 0.5) is 5.82 Å². The maximum atomic E-state index is 11.3. The Kier molecular flexibility index (Phi) is 3.87. The van der Waals surface area contributed by atoms with Crippen molar-refractivity contribution >= 4 is 17.8 Å². The lowest BCUT2D eigenvalue weighted by Crippen LogP contribution is -2.43. The maximum Gasteiger partial charge on any atom is 0.358 e. The first-order chi connectivity index (χ1) is 9.46. The Morgan fingerprint density at radius 2 is 1.95 bits per heavy atom. The number of hydrogen-bond acceptors (Lipinski definition) is 6. The number of nitrogens with zero attached hydrogens (tertiary/aromatic N) is 3. The molecule has 1 aromatic heterocycles. The summed E-state index contributed by atoms with van der Waals surface area (Å²) in [5, 5.41) is 17.0. The highest BCUT2D eigenvalue weighted by molar-refractivity contribution is 5.87. The summed E-state index contributed by atoms with van der Waals surface area (Å²) < 4.78 is 4.55. The van der Waals surface area contributed by atoms with E-state index in [-0.39, 0.29) is 5.69 Å². The third-order valence-corrected chi connectivity index (χ3v) is 3.75. The fourth-order valence-corrected chi connectivity index (χ4v) is 2.15. The van der Waals surface area contributed by atoms with Crippen LogP contribution in [0.15, 0.2) is 12.1 Å². The van der Waals surface area contributed by atoms with Gasteiger partial charge in [-0.15, -0.1) is 10.2 Å². The van der Waals surface area contributed by atoms with Crippen molar-refractivity contribution in [1.29, 1.82) is 0 Å². The van der Waals surface area contributed by atoms with Gasteiger partial charge in [0.1, 0.15) is 0 Å². The van der Waals surface area contributed by atoms with Crippen LogP contribution in [0.1, 0.15) is 30.3 Å². The van der Waals surface area contributed by atoms with Crippen molar-refractivity contribution in [1.82, 2.24) is 10.2 Å². The van der Waals surface area contributed by atoms with Gasteiger partial charge in [0.15, 0.2) is 11.5 Å². The standard InChI is InChI=1S/C13H17N3O4/c1-13(12(18)19)5-7-16(8-6-13)10-4-3-9(14-15-10)11(17)20-2/h3-4H,5-8H2,1-2H3,(H,18,19). The van der Waals surface area contributed by atoms with Crippen molar-refractivity contribution < 1.29 is 19.4 Å². The third-order valence-electron chi connectivity index (χ3n) is 3.75. The van der Waals surface area contributed by atoms with Crippen LogP contribution in [0.2, 0.25) is 0 Å². The zero-order chi connectivity index (χ0) is 14.8. The van der Waals surface area contributed by atoms with Crippen molar-refractivity contribution in [3.05, 3.63) is 17.8 Å². The minimum absolute atomic E-state index is 0.156. The highest BCUT2D eigenvalue weighted by Gasteiger charge is 2.37. The average Bonchev–Trinajstić information content (AvgIpc) is 2.47. The molecule has 0 saturated carbocycles. The molecule has 2 heterocycles. The Morgan fingerprint density at radius 3 is 2.40 bits per heavy atom. The predicted molar refractivity (Wildman–Crippen MR) is 70.6 cm³/mol. The fourth-order valence-electron chi connectivity index (χ4n) is 2.15. The van der Waals surface area contributed by atoms with E-state index in [0.29, 0.717) is 31.7 Å². The molecule has 20 heavy (non-hydrogen) atoms. The molecule has 0 aromatic carbocycles. The zero-order valence-electron chi connectivity index (χ0n) is 11.5. The van der Waals surface area contributed by atoms with Gasteiger partial charge >= 0.3 is 11.9 Å². The van der Waals surface area contributed by atoms with Gasteiger partial charge in [0.2, 0.25) is 0 Å². The van der Waals surface area contributed by atoms with Crippen molar-refractivity contribution in [3.63, 3.8) is 0 Å². The van der Waals surface area contributed by atoms with Gasteiger partial charge in [-0.05, 0) is 31.9 Å². The topological polar surface area (TPSA) is 92.6 Å². The summed E-state index contributed by atoms with van der Waals surface area (Å²) in [6.45, 7) is 2.98. The van der Waals surface area contributed by atoms with Crippen molar-refractivity contribution in [2.75, 3.05) is 25.1 Å². The van der Waals surface area contributed by atoms with Crippen LogP contribution in [0, 0.1) is 5.41 Å². The Morgan fingerprint density at radius 1 is 1.30 bits per heavy atom. The molecule has 0 amide bonds. The van der Waals surface area contributed by atoms with Gasteiger partial charge in [-0.3, -0.25) is 4.79 Å². The van der Waals surface area contributed by atoms with Gasteiger partial charge in [-0.1, -0.05) is 0 Å². The molecule has 108 valence electrons. The number of ether oxygens (including phenoxy) is 1.